The van der Waals surface area contributed by atoms with Crippen molar-refractivity contribution in [2.45, 2.75) is 45.8 Å². The number of fused-ring (bicyclic) bond motifs is 1. The summed E-state index contributed by atoms with van der Waals surface area (Å²) in [7, 11) is 0. The number of carbonyl (C=O) groups excluding carboxylic acids is 1. The second kappa shape index (κ2) is 5.44. The van der Waals surface area contributed by atoms with Crippen LogP contribution in [0.4, 0.5) is 0 Å². The number of rotatable bonds is 4. The van der Waals surface area contributed by atoms with E-state index in [-0.39, 0.29) is 18.1 Å². The van der Waals surface area contributed by atoms with Gasteiger partial charge in [0, 0.05) is 25.4 Å². The summed E-state index contributed by atoms with van der Waals surface area (Å²) in [6.07, 6.45) is 5.38. The Morgan fingerprint density at radius 3 is 2.80 bits per heavy atom. The molecule has 0 aliphatic heterocycles. The predicted molar refractivity (Wildman–Crippen MR) is 72.3 cm³/mol. The minimum atomic E-state index is -0.483. The van der Waals surface area contributed by atoms with E-state index in [9.17, 15) is 9.59 Å². The summed E-state index contributed by atoms with van der Waals surface area (Å²) in [5.41, 5.74) is -0.218. The molecule has 20 heavy (non-hydrogen) atoms. The largest absolute Gasteiger partial charge is 0.460 e. The van der Waals surface area contributed by atoms with Crippen molar-refractivity contribution in [3.63, 3.8) is 0 Å². The Balaban J connectivity index is 1.95. The Labute approximate surface area is 116 Å². The van der Waals surface area contributed by atoms with Crippen molar-refractivity contribution in [3.8, 4) is 0 Å². The summed E-state index contributed by atoms with van der Waals surface area (Å²) in [6.45, 7) is 5.85. The van der Waals surface area contributed by atoms with Gasteiger partial charge < -0.3 is 4.74 Å². The first-order chi connectivity index (χ1) is 9.37. The van der Waals surface area contributed by atoms with E-state index in [4.69, 9.17) is 4.74 Å². The smallest absolute Gasteiger partial charge is 0.350 e. The van der Waals surface area contributed by atoms with Gasteiger partial charge in [0.25, 0.3) is 0 Å². The van der Waals surface area contributed by atoms with Crippen molar-refractivity contribution in [3.05, 3.63) is 29.1 Å². The first kappa shape index (κ1) is 14.2. The van der Waals surface area contributed by atoms with Gasteiger partial charge in [-0.1, -0.05) is 0 Å². The van der Waals surface area contributed by atoms with Gasteiger partial charge in [-0.25, -0.2) is 13.9 Å². The van der Waals surface area contributed by atoms with Gasteiger partial charge in [0.2, 0.25) is 0 Å². The minimum Gasteiger partial charge on any atom is -0.460 e. The average Bonchev–Trinajstić information content (AvgIpc) is 2.65. The number of ether oxygens (including phenoxy) is 1. The minimum absolute atomic E-state index is 0.230. The molecular weight excluding hydrogens is 260 g/mol. The number of hydrogen-bond donors (Lipinski definition) is 0. The fourth-order valence-corrected chi connectivity index (χ4v) is 1.79. The zero-order valence-electron chi connectivity index (χ0n) is 11.9. The van der Waals surface area contributed by atoms with Crippen LogP contribution in [0, 0.1) is 0 Å². The number of aromatic nitrogens is 4. The topological polar surface area (TPSA) is 78.5 Å². The molecule has 0 radical (unpaired) electrons. The summed E-state index contributed by atoms with van der Waals surface area (Å²) in [4.78, 5) is 27.4. The molecule has 0 N–H and O–H groups in total. The summed E-state index contributed by atoms with van der Waals surface area (Å²) in [5, 5.41) is 4.14. The Bertz CT molecular complexity index is 666. The van der Waals surface area contributed by atoms with E-state index in [1.807, 2.05) is 20.8 Å². The quantitative estimate of drug-likeness (QED) is 0.780. The molecule has 2 heterocycles. The fraction of sp³-hybridized carbons (Fsp3) is 0.538. The van der Waals surface area contributed by atoms with E-state index >= 15 is 0 Å². The zero-order valence-corrected chi connectivity index (χ0v) is 11.9. The monoisotopic (exact) mass is 278 g/mol. The van der Waals surface area contributed by atoms with Crippen molar-refractivity contribution in [2.24, 2.45) is 0 Å². The number of nitrogens with zero attached hydrogens (tertiary/aromatic N) is 4. The molecule has 0 spiro atoms. The van der Waals surface area contributed by atoms with Crippen molar-refractivity contribution in [1.82, 2.24) is 19.2 Å². The van der Waals surface area contributed by atoms with Gasteiger partial charge in [-0.3, -0.25) is 9.78 Å². The van der Waals surface area contributed by atoms with E-state index in [2.05, 4.69) is 10.1 Å². The molecule has 0 atom stereocenters. The zero-order chi connectivity index (χ0) is 14.8. The van der Waals surface area contributed by atoms with Gasteiger partial charge in [0.15, 0.2) is 5.65 Å². The van der Waals surface area contributed by atoms with E-state index in [1.54, 1.807) is 6.20 Å². The summed E-state index contributed by atoms with van der Waals surface area (Å²) in [5.74, 6) is -0.268. The second-order valence-corrected chi connectivity index (χ2v) is 5.50. The molecule has 0 fully saturated rings. The standard InChI is InChI=1S/C13H18N4O3/c1-13(2,3)20-11(18)5-4-7-17-12(19)16-8-6-14-9-10(16)15-17/h6,8-9H,4-5,7H2,1-3H3. The van der Waals surface area contributed by atoms with E-state index in [0.717, 1.165) is 0 Å². The lowest BCUT2D eigenvalue weighted by atomic mass is 10.2. The van der Waals surface area contributed by atoms with E-state index in [0.29, 0.717) is 18.6 Å². The molecule has 0 unspecified atom stereocenters. The van der Waals surface area contributed by atoms with Crippen LogP contribution >= 0.6 is 0 Å². The van der Waals surface area contributed by atoms with Gasteiger partial charge in [0.05, 0.1) is 6.20 Å². The summed E-state index contributed by atoms with van der Waals surface area (Å²) in [6, 6.07) is 0. The van der Waals surface area contributed by atoms with Crippen LogP contribution < -0.4 is 5.69 Å². The van der Waals surface area contributed by atoms with Gasteiger partial charge >= 0.3 is 11.7 Å². The molecule has 0 saturated carbocycles. The van der Waals surface area contributed by atoms with Crippen molar-refractivity contribution >= 4 is 11.6 Å². The normalized spacial score (nSPS) is 11.8. The molecule has 0 saturated heterocycles. The lowest BCUT2D eigenvalue weighted by Gasteiger charge is -2.19. The van der Waals surface area contributed by atoms with Crippen molar-refractivity contribution < 1.29 is 9.53 Å². The van der Waals surface area contributed by atoms with Crippen molar-refractivity contribution in [2.75, 3.05) is 0 Å². The molecule has 0 aliphatic rings. The average molecular weight is 278 g/mol. The van der Waals surface area contributed by atoms with Crippen LogP contribution in [0.25, 0.3) is 5.65 Å². The van der Waals surface area contributed by atoms with Crippen LogP contribution in [0.1, 0.15) is 33.6 Å². The maximum atomic E-state index is 12.0. The Morgan fingerprint density at radius 2 is 2.15 bits per heavy atom. The first-order valence-corrected chi connectivity index (χ1v) is 6.48. The third-order valence-corrected chi connectivity index (χ3v) is 2.56. The molecule has 108 valence electrons. The SMILES string of the molecule is CC(C)(C)OC(=O)CCCn1nc2cnccn2c1=O. The van der Waals surface area contributed by atoms with Gasteiger partial charge in [-0.05, 0) is 27.2 Å². The number of carbonyl (C=O) groups is 1. The highest BCUT2D eigenvalue weighted by molar-refractivity contribution is 5.69. The van der Waals surface area contributed by atoms with Crippen LogP contribution in [-0.2, 0) is 16.1 Å². The summed E-state index contributed by atoms with van der Waals surface area (Å²) < 4.78 is 7.95. The lowest BCUT2D eigenvalue weighted by molar-refractivity contribution is -0.154. The third kappa shape index (κ3) is 3.43. The van der Waals surface area contributed by atoms with Crippen molar-refractivity contribution in [1.29, 1.82) is 0 Å². The van der Waals surface area contributed by atoms with E-state index in [1.165, 1.54) is 21.5 Å². The maximum Gasteiger partial charge on any atom is 0.350 e. The molecule has 0 amide bonds. The van der Waals surface area contributed by atoms with Gasteiger partial charge in [-0.2, -0.15) is 0 Å². The maximum absolute atomic E-state index is 12.0. The molecule has 2 rings (SSSR count). The second-order valence-electron chi connectivity index (χ2n) is 5.50. The van der Waals surface area contributed by atoms with Crippen LogP contribution in [0.5, 0.6) is 0 Å². The third-order valence-electron chi connectivity index (χ3n) is 2.56. The molecule has 0 bridgehead atoms. The van der Waals surface area contributed by atoms with Crippen LogP contribution in [0.3, 0.4) is 0 Å². The molecule has 2 aromatic heterocycles. The number of aryl methyl sites for hydroxylation is 1. The highest BCUT2D eigenvalue weighted by atomic mass is 16.6. The highest BCUT2D eigenvalue weighted by Gasteiger charge is 2.16. The van der Waals surface area contributed by atoms with Crippen LogP contribution in [0.2, 0.25) is 0 Å². The molecule has 7 heteroatoms. The molecular formula is C13H18N4O3. The number of hydrogen-bond acceptors (Lipinski definition) is 5. The highest BCUT2D eigenvalue weighted by Crippen LogP contribution is 2.09. The number of esters is 1. The predicted octanol–water partition coefficient (Wildman–Crippen LogP) is 1.01. The molecule has 2 aromatic rings. The Kier molecular flexibility index (Phi) is 3.87. The molecule has 0 aromatic carbocycles. The lowest BCUT2D eigenvalue weighted by Crippen LogP contribution is -2.25. The Morgan fingerprint density at radius 1 is 1.40 bits per heavy atom. The van der Waals surface area contributed by atoms with Gasteiger partial charge in [0.1, 0.15) is 5.60 Å². The summed E-state index contributed by atoms with van der Waals surface area (Å²) >= 11 is 0. The fourth-order valence-electron chi connectivity index (χ4n) is 1.79. The Hall–Kier alpha value is -2.18. The first-order valence-electron chi connectivity index (χ1n) is 6.48. The van der Waals surface area contributed by atoms with Gasteiger partial charge in [-0.15, -0.1) is 5.10 Å². The van der Waals surface area contributed by atoms with Crippen LogP contribution in [0.15, 0.2) is 23.4 Å². The molecule has 0 aliphatic carbocycles. The molecule has 7 nitrogen and oxygen atoms in total. The van der Waals surface area contributed by atoms with Crippen LogP contribution in [-0.4, -0.2) is 30.7 Å². The van der Waals surface area contributed by atoms with E-state index < -0.39 is 5.60 Å².